The average Bonchev–Trinajstić information content (AvgIpc) is 2.67. The van der Waals surface area contributed by atoms with Crippen molar-refractivity contribution in [1.82, 2.24) is 0 Å². The first kappa shape index (κ1) is 21.4. The zero-order valence-electron chi connectivity index (χ0n) is 14.9. The van der Waals surface area contributed by atoms with E-state index in [9.17, 15) is 0 Å². The molecule has 0 saturated carbocycles. The van der Waals surface area contributed by atoms with Gasteiger partial charge in [-0.25, -0.2) is 0 Å². The summed E-state index contributed by atoms with van der Waals surface area (Å²) in [6.45, 7) is 13.0. The van der Waals surface area contributed by atoms with Gasteiger partial charge in [-0.1, -0.05) is 131 Å². The van der Waals surface area contributed by atoms with Gasteiger partial charge in [0.25, 0.3) is 0 Å². The molecule has 0 saturated heterocycles. The Morgan fingerprint density at radius 1 is 0.750 bits per heavy atom. The van der Waals surface area contributed by atoms with Crippen LogP contribution in [0.1, 0.15) is 37.3 Å². The van der Waals surface area contributed by atoms with Gasteiger partial charge in [0, 0.05) is 0 Å². The summed E-state index contributed by atoms with van der Waals surface area (Å²) in [5.74, 6) is 0. The quantitative estimate of drug-likeness (QED) is 0.380. The van der Waals surface area contributed by atoms with E-state index in [1.807, 2.05) is 85.0 Å². The molecule has 126 valence electrons. The molecule has 0 atom stereocenters. The summed E-state index contributed by atoms with van der Waals surface area (Å²) >= 11 is 0. The van der Waals surface area contributed by atoms with E-state index >= 15 is 0 Å². The molecule has 0 unspecified atom stereocenters. The molecule has 0 aliphatic heterocycles. The zero-order valence-corrected chi connectivity index (χ0v) is 14.9. The van der Waals surface area contributed by atoms with Crippen molar-refractivity contribution in [3.63, 3.8) is 0 Å². The van der Waals surface area contributed by atoms with Gasteiger partial charge in [-0.2, -0.15) is 0 Å². The van der Waals surface area contributed by atoms with E-state index in [0.29, 0.717) is 0 Å². The Bertz CT molecular complexity index is 518. The molecule has 0 radical (unpaired) electrons. The molecule has 0 aliphatic carbocycles. The van der Waals surface area contributed by atoms with Crippen LogP contribution in [0.4, 0.5) is 0 Å². The summed E-state index contributed by atoms with van der Waals surface area (Å²) in [6.07, 6.45) is 13.4. The summed E-state index contributed by atoms with van der Waals surface area (Å²) < 4.78 is 0. The highest BCUT2D eigenvalue weighted by molar-refractivity contribution is 5.46. The molecule has 0 fully saturated rings. The minimum atomic E-state index is 1.17. The molecule has 0 aromatic heterocycles. The average molecular weight is 319 g/mol. The van der Waals surface area contributed by atoms with Gasteiger partial charge in [-0.3, -0.25) is 0 Å². The van der Waals surface area contributed by atoms with Crippen LogP contribution < -0.4 is 0 Å². The third kappa shape index (κ3) is 13.1. The first-order valence-electron chi connectivity index (χ1n) is 8.41. The maximum atomic E-state index is 3.63. The van der Waals surface area contributed by atoms with E-state index in [1.54, 1.807) is 0 Å². The van der Waals surface area contributed by atoms with Crippen LogP contribution in [0.5, 0.6) is 0 Å². The predicted molar refractivity (Wildman–Crippen MR) is 112 cm³/mol. The van der Waals surface area contributed by atoms with Gasteiger partial charge < -0.3 is 0 Å². The summed E-state index contributed by atoms with van der Waals surface area (Å²) in [4.78, 5) is 0. The van der Waals surface area contributed by atoms with E-state index in [1.165, 1.54) is 30.4 Å². The van der Waals surface area contributed by atoms with Gasteiger partial charge in [0.05, 0.1) is 0 Å². The number of allylic oxidation sites excluding steroid dienone is 3. The lowest BCUT2D eigenvalue weighted by molar-refractivity contribution is 0.815. The third-order valence-corrected chi connectivity index (χ3v) is 3.07. The molecule has 0 amide bonds. The Morgan fingerprint density at radius 2 is 1.21 bits per heavy atom. The van der Waals surface area contributed by atoms with Gasteiger partial charge in [-0.15, -0.1) is 0 Å². The predicted octanol–water partition coefficient (Wildman–Crippen LogP) is 7.58. The summed E-state index contributed by atoms with van der Waals surface area (Å²) in [7, 11) is 0. The Morgan fingerprint density at radius 3 is 1.50 bits per heavy atom. The summed E-state index contributed by atoms with van der Waals surface area (Å²) in [5, 5.41) is 0. The maximum absolute atomic E-state index is 3.63. The number of hydrogen-bond donors (Lipinski definition) is 0. The fraction of sp³-hybridized carbons (Fsp3) is 0.167. The van der Waals surface area contributed by atoms with E-state index in [4.69, 9.17) is 0 Å². The second-order valence-electron chi connectivity index (χ2n) is 5.04. The van der Waals surface area contributed by atoms with Crippen molar-refractivity contribution in [1.29, 1.82) is 0 Å². The van der Waals surface area contributed by atoms with Crippen LogP contribution in [-0.4, -0.2) is 0 Å². The molecular weight excluding hydrogens is 288 g/mol. The Labute approximate surface area is 148 Å². The fourth-order valence-electron chi connectivity index (χ4n) is 1.69. The molecule has 2 aromatic rings. The second-order valence-corrected chi connectivity index (χ2v) is 5.04. The second kappa shape index (κ2) is 16.8. The Hall–Kier alpha value is -2.60. The fourth-order valence-corrected chi connectivity index (χ4v) is 1.69. The number of benzene rings is 2. The molecule has 2 rings (SSSR count). The van der Waals surface area contributed by atoms with Crippen LogP contribution in [0.15, 0.2) is 98.6 Å². The van der Waals surface area contributed by atoms with Crippen molar-refractivity contribution in [2.45, 2.75) is 26.2 Å². The standard InChI is InChI=1S/2C8H8.C8H14/c2*1-2-8-6-4-3-5-7-8;1-3-5-7-8-6-4-2/h2*2-7H,1H2;3,5,7H,1,4,6,8H2,2H3. The topological polar surface area (TPSA) is 0 Å². The van der Waals surface area contributed by atoms with Crippen molar-refractivity contribution in [3.05, 3.63) is 110 Å². The molecule has 0 spiro atoms. The normalized spacial score (nSPS) is 9.04. The number of hydrogen-bond acceptors (Lipinski definition) is 0. The molecular formula is C24H30. The first-order chi connectivity index (χ1) is 11.8. The molecule has 0 aliphatic rings. The SMILES string of the molecule is C=CC=CCCCC.C=Cc1ccccc1.C=Cc1ccccc1. The molecule has 24 heavy (non-hydrogen) atoms. The van der Waals surface area contributed by atoms with Crippen molar-refractivity contribution >= 4 is 12.2 Å². The third-order valence-electron chi connectivity index (χ3n) is 3.07. The molecule has 2 aromatic carbocycles. The van der Waals surface area contributed by atoms with Crippen LogP contribution in [-0.2, 0) is 0 Å². The van der Waals surface area contributed by atoms with E-state index in [-0.39, 0.29) is 0 Å². The highest BCUT2D eigenvalue weighted by Gasteiger charge is 1.76. The van der Waals surface area contributed by atoms with Crippen LogP contribution in [0.25, 0.3) is 12.2 Å². The van der Waals surface area contributed by atoms with Gasteiger partial charge >= 0.3 is 0 Å². The minimum absolute atomic E-state index is 1.17. The number of rotatable bonds is 6. The van der Waals surface area contributed by atoms with Crippen molar-refractivity contribution in [2.24, 2.45) is 0 Å². The lowest BCUT2D eigenvalue weighted by Gasteiger charge is -1.85. The Balaban J connectivity index is 0.000000331. The maximum Gasteiger partial charge on any atom is -0.0263 e. The highest BCUT2D eigenvalue weighted by Crippen LogP contribution is 1.98. The van der Waals surface area contributed by atoms with Crippen LogP contribution in [0.3, 0.4) is 0 Å². The molecule has 0 heteroatoms. The van der Waals surface area contributed by atoms with E-state index in [0.717, 1.165) is 0 Å². The van der Waals surface area contributed by atoms with Crippen molar-refractivity contribution in [3.8, 4) is 0 Å². The zero-order chi connectivity index (χ0) is 17.9. The lowest BCUT2D eigenvalue weighted by Crippen LogP contribution is -1.64. The summed E-state index contributed by atoms with van der Waals surface area (Å²) in [5.41, 5.74) is 2.35. The van der Waals surface area contributed by atoms with Crippen molar-refractivity contribution < 1.29 is 0 Å². The summed E-state index contributed by atoms with van der Waals surface area (Å²) in [6, 6.07) is 20.1. The van der Waals surface area contributed by atoms with Gasteiger partial charge in [0.15, 0.2) is 0 Å². The molecule has 0 nitrogen and oxygen atoms in total. The monoisotopic (exact) mass is 318 g/mol. The van der Waals surface area contributed by atoms with E-state index < -0.39 is 0 Å². The lowest BCUT2D eigenvalue weighted by atomic mass is 10.2. The smallest absolute Gasteiger partial charge is 0.0263 e. The van der Waals surface area contributed by atoms with Gasteiger partial charge in [0.1, 0.15) is 0 Å². The van der Waals surface area contributed by atoms with Crippen LogP contribution >= 0.6 is 0 Å². The van der Waals surface area contributed by atoms with Crippen molar-refractivity contribution in [2.75, 3.05) is 0 Å². The minimum Gasteiger partial charge on any atom is -0.0991 e. The molecule has 0 bridgehead atoms. The van der Waals surface area contributed by atoms with Gasteiger partial charge in [0.2, 0.25) is 0 Å². The largest absolute Gasteiger partial charge is 0.0991 e. The van der Waals surface area contributed by atoms with E-state index in [2.05, 4.69) is 32.7 Å². The Kier molecular flexibility index (Phi) is 14.9. The van der Waals surface area contributed by atoms with Gasteiger partial charge in [-0.05, 0) is 17.5 Å². The van der Waals surface area contributed by atoms with Crippen LogP contribution in [0, 0.1) is 0 Å². The van der Waals surface area contributed by atoms with Crippen LogP contribution in [0.2, 0.25) is 0 Å². The highest BCUT2D eigenvalue weighted by atomic mass is 13.8. The molecule has 0 N–H and O–H groups in total. The first-order valence-corrected chi connectivity index (χ1v) is 8.41. The molecule has 0 heterocycles. The number of unbranched alkanes of at least 4 members (excludes halogenated alkanes) is 2.